The van der Waals surface area contributed by atoms with E-state index < -0.39 is 0 Å². The fraction of sp³-hybridized carbons (Fsp3) is 0.118. The van der Waals surface area contributed by atoms with Gasteiger partial charge in [-0.05, 0) is 18.6 Å². The minimum Gasteiger partial charge on any atom is -0.395 e. The van der Waals surface area contributed by atoms with E-state index in [2.05, 4.69) is 29.4 Å². The van der Waals surface area contributed by atoms with Gasteiger partial charge >= 0.3 is 0 Å². The van der Waals surface area contributed by atoms with E-state index in [0.717, 1.165) is 16.6 Å². The van der Waals surface area contributed by atoms with Gasteiger partial charge in [-0.2, -0.15) is 0 Å². The molecule has 0 fully saturated rings. The van der Waals surface area contributed by atoms with Crippen LogP contribution < -0.4 is 11.1 Å². The van der Waals surface area contributed by atoms with E-state index in [1.807, 2.05) is 42.5 Å². The number of nitrogens with zero attached hydrogens (tertiary/aromatic N) is 1. The Kier molecular flexibility index (Phi) is 3.67. The van der Waals surface area contributed by atoms with E-state index in [4.69, 9.17) is 17.3 Å². The number of nitrogens with one attached hydrogen (secondary N) is 1. The normalized spacial score (nSPS) is 12.3. The van der Waals surface area contributed by atoms with Gasteiger partial charge in [-0.3, -0.25) is 0 Å². The molecule has 0 aliphatic heterocycles. The smallest absolute Gasteiger partial charge is 0.154 e. The summed E-state index contributed by atoms with van der Waals surface area (Å²) in [5.74, 6) is 0. The molecule has 0 amide bonds. The number of anilines is 2. The van der Waals surface area contributed by atoms with Gasteiger partial charge in [0, 0.05) is 11.4 Å². The molecular weight excluding hydrogens is 282 g/mol. The van der Waals surface area contributed by atoms with Gasteiger partial charge in [0.05, 0.1) is 16.9 Å². The van der Waals surface area contributed by atoms with Gasteiger partial charge in [-0.15, -0.1) is 0 Å². The van der Waals surface area contributed by atoms with Crippen LogP contribution in [0.5, 0.6) is 0 Å². The Morgan fingerprint density at radius 3 is 2.48 bits per heavy atom. The number of rotatable bonds is 3. The molecule has 0 bridgehead atoms. The zero-order chi connectivity index (χ0) is 14.8. The summed E-state index contributed by atoms with van der Waals surface area (Å²) in [6, 6.07) is 18.2. The minimum atomic E-state index is 0.121. The Hall–Kier alpha value is -2.26. The summed E-state index contributed by atoms with van der Waals surface area (Å²) in [4.78, 5) is 4.32. The maximum absolute atomic E-state index is 6.15. The molecule has 106 valence electrons. The standard InChI is InChI=1S/C17H16ClN3/c1-11(12-7-3-2-4-8-12)20-16-13-9-5-6-10-14(13)21-17(18)15(16)19/h2-11H,19H2,1H3,(H,20,21)/t11-/m0/s1. The molecule has 3 aromatic rings. The van der Waals surface area contributed by atoms with Crippen molar-refractivity contribution in [2.24, 2.45) is 0 Å². The number of hydrogen-bond acceptors (Lipinski definition) is 3. The molecule has 1 heterocycles. The summed E-state index contributed by atoms with van der Waals surface area (Å²) in [7, 11) is 0. The number of nitrogen functional groups attached to an aromatic ring is 1. The second-order valence-corrected chi connectivity index (χ2v) is 5.34. The number of aromatic nitrogens is 1. The van der Waals surface area contributed by atoms with Crippen molar-refractivity contribution in [2.75, 3.05) is 11.1 Å². The van der Waals surface area contributed by atoms with Gasteiger partial charge in [0.2, 0.25) is 0 Å². The second-order valence-electron chi connectivity index (χ2n) is 4.99. The van der Waals surface area contributed by atoms with Crippen LogP contribution in [0.25, 0.3) is 10.9 Å². The molecule has 3 rings (SSSR count). The molecule has 3 N–H and O–H groups in total. The van der Waals surface area contributed by atoms with Crippen LogP contribution in [0.15, 0.2) is 54.6 Å². The fourth-order valence-corrected chi connectivity index (χ4v) is 2.58. The zero-order valence-electron chi connectivity index (χ0n) is 11.7. The minimum absolute atomic E-state index is 0.121. The van der Waals surface area contributed by atoms with Crippen LogP contribution in [0.4, 0.5) is 11.4 Å². The lowest BCUT2D eigenvalue weighted by Gasteiger charge is -2.19. The number of nitrogens with two attached hydrogens (primary N) is 1. The monoisotopic (exact) mass is 297 g/mol. The van der Waals surface area contributed by atoms with Gasteiger partial charge in [-0.1, -0.05) is 60.1 Å². The van der Waals surface area contributed by atoms with Crippen LogP contribution in [-0.2, 0) is 0 Å². The van der Waals surface area contributed by atoms with E-state index in [-0.39, 0.29) is 6.04 Å². The van der Waals surface area contributed by atoms with Crippen LogP contribution in [0, 0.1) is 0 Å². The van der Waals surface area contributed by atoms with Crippen LogP contribution in [0.2, 0.25) is 5.15 Å². The SMILES string of the molecule is C[C@H](Nc1c(N)c(Cl)nc2ccccc12)c1ccccc1. The first kappa shape index (κ1) is 13.7. The van der Waals surface area contributed by atoms with Gasteiger partial charge < -0.3 is 11.1 Å². The third-order valence-electron chi connectivity index (χ3n) is 3.54. The summed E-state index contributed by atoms with van der Waals surface area (Å²) >= 11 is 6.15. The van der Waals surface area contributed by atoms with E-state index in [1.54, 1.807) is 0 Å². The van der Waals surface area contributed by atoms with Crippen molar-refractivity contribution in [2.45, 2.75) is 13.0 Å². The largest absolute Gasteiger partial charge is 0.395 e. The van der Waals surface area contributed by atoms with Crippen molar-refractivity contribution in [3.63, 3.8) is 0 Å². The predicted molar refractivity (Wildman–Crippen MR) is 89.6 cm³/mol. The molecule has 0 aliphatic carbocycles. The molecular formula is C17H16ClN3. The molecule has 0 radical (unpaired) electrons. The van der Waals surface area contributed by atoms with Gasteiger partial charge in [0.1, 0.15) is 0 Å². The lowest BCUT2D eigenvalue weighted by molar-refractivity contribution is 0.887. The Balaban J connectivity index is 2.06. The van der Waals surface area contributed by atoms with Crippen LogP contribution in [0.1, 0.15) is 18.5 Å². The summed E-state index contributed by atoms with van der Waals surface area (Å²) in [6.45, 7) is 2.10. The maximum Gasteiger partial charge on any atom is 0.154 e. The first-order valence-electron chi connectivity index (χ1n) is 6.82. The maximum atomic E-state index is 6.15. The summed E-state index contributed by atoms with van der Waals surface area (Å²) in [5, 5.41) is 4.77. The number of halogens is 1. The van der Waals surface area contributed by atoms with Gasteiger partial charge in [-0.25, -0.2) is 4.98 Å². The van der Waals surface area contributed by atoms with E-state index >= 15 is 0 Å². The number of para-hydroxylation sites is 1. The van der Waals surface area contributed by atoms with Crippen molar-refractivity contribution < 1.29 is 0 Å². The molecule has 0 aliphatic rings. The van der Waals surface area contributed by atoms with E-state index in [9.17, 15) is 0 Å². The second kappa shape index (κ2) is 5.62. The Morgan fingerprint density at radius 2 is 1.71 bits per heavy atom. The topological polar surface area (TPSA) is 50.9 Å². The summed E-state index contributed by atoms with van der Waals surface area (Å²) < 4.78 is 0. The summed E-state index contributed by atoms with van der Waals surface area (Å²) in [5.41, 5.74) is 9.46. The van der Waals surface area contributed by atoms with E-state index in [0.29, 0.717) is 10.8 Å². The van der Waals surface area contributed by atoms with Crippen molar-refractivity contribution in [3.8, 4) is 0 Å². The third kappa shape index (κ3) is 2.65. The quantitative estimate of drug-likeness (QED) is 0.692. The lowest BCUT2D eigenvalue weighted by Crippen LogP contribution is -2.09. The number of pyridine rings is 1. The lowest BCUT2D eigenvalue weighted by atomic mass is 10.1. The predicted octanol–water partition coefficient (Wildman–Crippen LogP) is 4.64. The molecule has 3 nitrogen and oxygen atoms in total. The number of fused-ring (bicyclic) bond motifs is 1. The van der Waals surface area contributed by atoms with Crippen molar-refractivity contribution in [3.05, 3.63) is 65.3 Å². The molecule has 1 atom stereocenters. The number of benzene rings is 2. The number of hydrogen-bond donors (Lipinski definition) is 2. The third-order valence-corrected chi connectivity index (χ3v) is 3.83. The highest BCUT2D eigenvalue weighted by Gasteiger charge is 2.14. The highest BCUT2D eigenvalue weighted by Crippen LogP contribution is 2.35. The molecule has 0 unspecified atom stereocenters. The fourth-order valence-electron chi connectivity index (χ4n) is 2.39. The van der Waals surface area contributed by atoms with Gasteiger partial charge in [0.15, 0.2) is 5.15 Å². The van der Waals surface area contributed by atoms with Gasteiger partial charge in [0.25, 0.3) is 0 Å². The molecule has 0 spiro atoms. The van der Waals surface area contributed by atoms with E-state index in [1.165, 1.54) is 5.56 Å². The average molecular weight is 298 g/mol. The Bertz CT molecular complexity index is 772. The highest BCUT2D eigenvalue weighted by molar-refractivity contribution is 6.33. The first-order valence-corrected chi connectivity index (χ1v) is 7.20. The average Bonchev–Trinajstić information content (AvgIpc) is 2.52. The van der Waals surface area contributed by atoms with Crippen LogP contribution in [-0.4, -0.2) is 4.98 Å². The zero-order valence-corrected chi connectivity index (χ0v) is 12.4. The summed E-state index contributed by atoms with van der Waals surface area (Å²) in [6.07, 6.45) is 0. The molecule has 0 saturated carbocycles. The Labute approximate surface area is 128 Å². The molecule has 1 aromatic heterocycles. The molecule has 21 heavy (non-hydrogen) atoms. The van der Waals surface area contributed by atoms with Crippen molar-refractivity contribution >= 4 is 33.9 Å². The molecule has 4 heteroatoms. The molecule has 2 aromatic carbocycles. The highest BCUT2D eigenvalue weighted by atomic mass is 35.5. The van der Waals surface area contributed by atoms with Crippen molar-refractivity contribution in [1.82, 2.24) is 4.98 Å². The first-order chi connectivity index (χ1) is 10.2. The van der Waals surface area contributed by atoms with Crippen molar-refractivity contribution in [1.29, 1.82) is 0 Å². The van der Waals surface area contributed by atoms with Crippen LogP contribution in [0.3, 0.4) is 0 Å². The Morgan fingerprint density at radius 1 is 1.05 bits per heavy atom. The van der Waals surface area contributed by atoms with Crippen LogP contribution >= 0.6 is 11.6 Å². The molecule has 0 saturated heterocycles.